The highest BCUT2D eigenvalue weighted by atomic mass is 32.2. The van der Waals surface area contributed by atoms with Crippen molar-refractivity contribution in [2.24, 2.45) is 0 Å². The maximum Gasteiger partial charge on any atom is 0.418 e. The summed E-state index contributed by atoms with van der Waals surface area (Å²) in [7, 11) is -3.44. The molecule has 0 unspecified atom stereocenters. The summed E-state index contributed by atoms with van der Waals surface area (Å²) in [6, 6.07) is 16.8. The normalized spacial score (nSPS) is 12.0. The number of halogens is 3. The summed E-state index contributed by atoms with van der Waals surface area (Å²) in [6.07, 6.45) is -2.43. The van der Waals surface area contributed by atoms with Gasteiger partial charge in [0.1, 0.15) is 0 Å². The number of aromatic nitrogens is 1. The summed E-state index contributed by atoms with van der Waals surface area (Å²) >= 11 is 0. The van der Waals surface area contributed by atoms with Crippen molar-refractivity contribution in [2.45, 2.75) is 18.0 Å². The molecule has 0 fully saturated rings. The average molecular weight is 500 g/mol. The van der Waals surface area contributed by atoms with Gasteiger partial charge in [-0.2, -0.15) is 13.2 Å². The van der Waals surface area contributed by atoms with Crippen LogP contribution in [-0.4, -0.2) is 32.2 Å². The van der Waals surface area contributed by atoms with E-state index in [1.54, 1.807) is 43.3 Å². The molecule has 0 aliphatic heterocycles. The number of nitrogens with zero attached hydrogens (tertiary/aromatic N) is 1. The lowest BCUT2D eigenvalue weighted by Crippen LogP contribution is -2.10. The summed E-state index contributed by atoms with van der Waals surface area (Å²) in [4.78, 5) is 16.8. The Kier molecular flexibility index (Phi) is 6.38. The topological polar surface area (TPSA) is 73.3 Å². The first-order valence-corrected chi connectivity index (χ1v) is 12.5. The Bertz CT molecular complexity index is 1550. The van der Waals surface area contributed by atoms with Crippen LogP contribution in [0.15, 0.2) is 77.8 Å². The number of ether oxygens (including phenoxy) is 1. The van der Waals surface area contributed by atoms with Crippen LogP contribution in [0.25, 0.3) is 33.2 Å². The van der Waals surface area contributed by atoms with E-state index in [4.69, 9.17) is 4.74 Å². The van der Waals surface area contributed by atoms with Gasteiger partial charge in [-0.1, -0.05) is 42.5 Å². The van der Waals surface area contributed by atoms with Crippen molar-refractivity contribution in [2.75, 3.05) is 12.9 Å². The second kappa shape index (κ2) is 9.14. The van der Waals surface area contributed by atoms with E-state index in [0.717, 1.165) is 18.5 Å². The van der Waals surface area contributed by atoms with E-state index >= 15 is 0 Å². The van der Waals surface area contributed by atoms with Gasteiger partial charge in [0.25, 0.3) is 0 Å². The number of hydrogen-bond acceptors (Lipinski definition) is 5. The molecule has 5 nitrogen and oxygen atoms in total. The van der Waals surface area contributed by atoms with Crippen molar-refractivity contribution in [1.29, 1.82) is 0 Å². The van der Waals surface area contributed by atoms with Crippen molar-refractivity contribution >= 4 is 26.7 Å². The fraction of sp³-hybridized carbons (Fsp3) is 0.154. The Morgan fingerprint density at radius 1 is 0.943 bits per heavy atom. The van der Waals surface area contributed by atoms with Gasteiger partial charge >= 0.3 is 12.1 Å². The van der Waals surface area contributed by atoms with Crippen molar-refractivity contribution in [3.63, 3.8) is 0 Å². The number of rotatable bonds is 5. The lowest BCUT2D eigenvalue weighted by atomic mass is 9.92. The van der Waals surface area contributed by atoms with E-state index < -0.39 is 27.5 Å². The quantitative estimate of drug-likeness (QED) is 0.307. The smallest absolute Gasteiger partial charge is 0.418 e. The van der Waals surface area contributed by atoms with Gasteiger partial charge in [0.2, 0.25) is 0 Å². The van der Waals surface area contributed by atoms with Crippen molar-refractivity contribution in [3.8, 4) is 22.3 Å². The van der Waals surface area contributed by atoms with E-state index in [2.05, 4.69) is 4.98 Å². The number of para-hydroxylation sites is 1. The number of esters is 1. The average Bonchev–Trinajstić information content (AvgIpc) is 2.82. The monoisotopic (exact) mass is 499 g/mol. The van der Waals surface area contributed by atoms with Crippen molar-refractivity contribution in [3.05, 3.63) is 84.1 Å². The van der Waals surface area contributed by atoms with Gasteiger partial charge in [0.15, 0.2) is 9.84 Å². The lowest BCUT2D eigenvalue weighted by Gasteiger charge is -2.16. The number of hydrogen-bond donors (Lipinski definition) is 0. The third kappa shape index (κ3) is 4.90. The number of benzene rings is 3. The zero-order chi connectivity index (χ0) is 25.4. The van der Waals surface area contributed by atoms with Crippen molar-refractivity contribution < 1.29 is 31.1 Å². The molecule has 0 aliphatic rings. The SMILES string of the molecule is CCOC(=O)c1cnc2c(C(F)(F)F)cccc2c1-c1cccc(-c2cccc(S(C)(=O)=O)c2)c1. The minimum atomic E-state index is -4.64. The molecule has 4 rings (SSSR count). The van der Waals surface area contributed by atoms with E-state index in [9.17, 15) is 26.4 Å². The molecule has 9 heteroatoms. The van der Waals surface area contributed by atoms with Crippen LogP contribution in [0.5, 0.6) is 0 Å². The maximum absolute atomic E-state index is 13.7. The van der Waals surface area contributed by atoms with Gasteiger partial charge in [-0.05, 0) is 47.9 Å². The molecule has 1 heterocycles. The largest absolute Gasteiger partial charge is 0.462 e. The first-order valence-electron chi connectivity index (χ1n) is 10.6. The molecular weight excluding hydrogens is 479 g/mol. The van der Waals surface area contributed by atoms with Gasteiger partial charge in [0.05, 0.1) is 28.1 Å². The van der Waals surface area contributed by atoms with Gasteiger partial charge in [0, 0.05) is 23.4 Å². The third-order valence-electron chi connectivity index (χ3n) is 5.44. The molecule has 0 aliphatic carbocycles. The summed E-state index contributed by atoms with van der Waals surface area (Å²) in [5, 5.41) is 0.146. The molecule has 180 valence electrons. The number of alkyl halides is 3. The first-order chi connectivity index (χ1) is 16.5. The minimum Gasteiger partial charge on any atom is -0.462 e. The Balaban J connectivity index is 1.99. The van der Waals surface area contributed by atoms with E-state index in [-0.39, 0.29) is 33.5 Å². The van der Waals surface area contributed by atoms with Crippen LogP contribution >= 0.6 is 0 Å². The van der Waals surface area contributed by atoms with Gasteiger partial charge in [-0.3, -0.25) is 4.98 Å². The molecule has 35 heavy (non-hydrogen) atoms. The molecule has 0 amide bonds. The van der Waals surface area contributed by atoms with E-state index in [0.29, 0.717) is 16.7 Å². The van der Waals surface area contributed by atoms with Gasteiger partial charge in [-0.25, -0.2) is 13.2 Å². The standard InChI is InChI=1S/C26H20F3NO4S/c1-3-34-25(31)21-15-30-24-20(11-6-12-22(24)26(27,28)29)23(21)18-9-4-7-16(13-18)17-8-5-10-19(14-17)35(2,32)33/h4-15H,3H2,1-2H3. The maximum atomic E-state index is 13.7. The molecular formula is C26H20F3NO4S. The Labute approximate surface area is 200 Å². The van der Waals surface area contributed by atoms with Crippen LogP contribution in [0.3, 0.4) is 0 Å². The highest BCUT2D eigenvalue weighted by Gasteiger charge is 2.34. The van der Waals surface area contributed by atoms with Gasteiger partial charge < -0.3 is 4.74 Å². The van der Waals surface area contributed by atoms with Crippen LogP contribution in [-0.2, 0) is 20.8 Å². The van der Waals surface area contributed by atoms with Crippen LogP contribution in [0.4, 0.5) is 13.2 Å². The second-order valence-corrected chi connectivity index (χ2v) is 9.86. The second-order valence-electron chi connectivity index (χ2n) is 7.85. The van der Waals surface area contributed by atoms with Crippen LogP contribution in [0, 0.1) is 0 Å². The Morgan fingerprint density at radius 3 is 2.23 bits per heavy atom. The molecule has 4 aromatic rings. The van der Waals surface area contributed by atoms with Crippen LogP contribution in [0.2, 0.25) is 0 Å². The molecule has 0 saturated heterocycles. The molecule has 1 aromatic heterocycles. The van der Waals surface area contributed by atoms with Gasteiger partial charge in [-0.15, -0.1) is 0 Å². The molecule has 0 radical (unpaired) electrons. The molecule has 0 atom stereocenters. The predicted octanol–water partition coefficient (Wildman–Crippen LogP) is 6.17. The minimum absolute atomic E-state index is 0.0284. The molecule has 0 bridgehead atoms. The fourth-order valence-corrected chi connectivity index (χ4v) is 4.55. The number of carbonyl (C=O) groups excluding carboxylic acids is 1. The molecule has 0 spiro atoms. The lowest BCUT2D eigenvalue weighted by molar-refractivity contribution is -0.136. The Hall–Kier alpha value is -3.72. The summed E-state index contributed by atoms with van der Waals surface area (Å²) in [5.74, 6) is -0.709. The molecule has 3 aromatic carbocycles. The zero-order valence-electron chi connectivity index (χ0n) is 18.8. The van der Waals surface area contributed by atoms with E-state index in [1.165, 1.54) is 24.3 Å². The third-order valence-corrected chi connectivity index (χ3v) is 6.56. The Morgan fingerprint density at radius 2 is 1.57 bits per heavy atom. The highest BCUT2D eigenvalue weighted by Crippen LogP contribution is 2.39. The number of carbonyl (C=O) groups is 1. The van der Waals surface area contributed by atoms with Crippen LogP contribution in [0.1, 0.15) is 22.8 Å². The fourth-order valence-electron chi connectivity index (χ4n) is 3.89. The summed E-state index contributed by atoms with van der Waals surface area (Å²) in [6.45, 7) is 1.71. The molecule has 0 N–H and O–H groups in total. The van der Waals surface area contributed by atoms with Crippen molar-refractivity contribution in [1.82, 2.24) is 4.98 Å². The first kappa shape index (κ1) is 24.4. The predicted molar refractivity (Wildman–Crippen MR) is 127 cm³/mol. The summed E-state index contributed by atoms with van der Waals surface area (Å²) < 4.78 is 70.1. The zero-order valence-corrected chi connectivity index (χ0v) is 19.6. The van der Waals surface area contributed by atoms with Crippen LogP contribution < -0.4 is 0 Å². The number of sulfone groups is 1. The number of fused-ring (bicyclic) bond motifs is 1. The van der Waals surface area contributed by atoms with E-state index in [1.807, 2.05) is 0 Å². The summed E-state index contributed by atoms with van der Waals surface area (Å²) in [5.41, 5.74) is 0.765. The highest BCUT2D eigenvalue weighted by molar-refractivity contribution is 7.90. The number of pyridine rings is 1. The molecule has 0 saturated carbocycles.